The second-order valence-electron chi connectivity index (χ2n) is 6.15. The smallest absolute Gasteiger partial charge is 0.257 e. The SMILES string of the molecule is COc1ccc(C(=O)N2CCCC2CN2CCCC2)c(F)c1. The number of carbonyl (C=O) groups is 1. The Bertz CT molecular complexity index is 543. The van der Waals surface area contributed by atoms with Crippen molar-refractivity contribution in [3.05, 3.63) is 29.6 Å². The van der Waals surface area contributed by atoms with Crippen LogP contribution < -0.4 is 4.74 Å². The minimum atomic E-state index is -0.504. The fourth-order valence-corrected chi connectivity index (χ4v) is 3.51. The fraction of sp³-hybridized carbons (Fsp3) is 0.588. The predicted molar refractivity (Wildman–Crippen MR) is 82.7 cm³/mol. The van der Waals surface area contributed by atoms with Gasteiger partial charge in [-0.2, -0.15) is 0 Å². The van der Waals surface area contributed by atoms with E-state index >= 15 is 0 Å². The summed E-state index contributed by atoms with van der Waals surface area (Å²) in [5.74, 6) is -0.262. The standard InChI is InChI=1S/C17H23FN2O2/c1-22-14-6-7-15(16(18)11-14)17(21)20-10-4-5-13(20)12-19-8-2-3-9-19/h6-7,11,13H,2-5,8-10,12H2,1H3. The summed E-state index contributed by atoms with van der Waals surface area (Å²) in [5.41, 5.74) is 0.147. The second kappa shape index (κ2) is 6.65. The number of rotatable bonds is 4. The highest BCUT2D eigenvalue weighted by atomic mass is 19.1. The van der Waals surface area contributed by atoms with E-state index in [2.05, 4.69) is 4.90 Å². The van der Waals surface area contributed by atoms with Crippen molar-refractivity contribution < 1.29 is 13.9 Å². The van der Waals surface area contributed by atoms with Crippen molar-refractivity contribution >= 4 is 5.91 Å². The van der Waals surface area contributed by atoms with Gasteiger partial charge in [0.2, 0.25) is 0 Å². The van der Waals surface area contributed by atoms with Crippen LogP contribution in [-0.4, -0.2) is 55.0 Å². The Morgan fingerprint density at radius 2 is 2.05 bits per heavy atom. The summed E-state index contributed by atoms with van der Waals surface area (Å²) in [4.78, 5) is 16.9. The average Bonchev–Trinajstić information content (AvgIpc) is 3.18. The van der Waals surface area contributed by atoms with Crippen LogP contribution in [0.3, 0.4) is 0 Å². The summed E-state index contributed by atoms with van der Waals surface area (Å²) in [7, 11) is 1.49. The molecule has 0 radical (unpaired) electrons. The van der Waals surface area contributed by atoms with Crippen LogP contribution in [-0.2, 0) is 0 Å². The third kappa shape index (κ3) is 3.09. The van der Waals surface area contributed by atoms with Crippen molar-refractivity contribution in [3.8, 4) is 5.75 Å². The van der Waals surface area contributed by atoms with Crippen LogP contribution in [0, 0.1) is 5.82 Å². The molecular weight excluding hydrogens is 283 g/mol. The van der Waals surface area contributed by atoms with Crippen molar-refractivity contribution in [2.24, 2.45) is 0 Å². The first-order valence-corrected chi connectivity index (χ1v) is 8.06. The average molecular weight is 306 g/mol. The summed E-state index contributed by atoms with van der Waals surface area (Å²) in [5, 5.41) is 0. The molecular formula is C17H23FN2O2. The lowest BCUT2D eigenvalue weighted by Gasteiger charge is -2.28. The first-order valence-electron chi connectivity index (χ1n) is 8.06. The molecule has 0 spiro atoms. The molecule has 2 aliphatic rings. The summed E-state index contributed by atoms with van der Waals surface area (Å²) in [6.07, 6.45) is 4.50. The van der Waals surface area contributed by atoms with Crippen molar-refractivity contribution in [2.45, 2.75) is 31.7 Å². The van der Waals surface area contributed by atoms with E-state index in [9.17, 15) is 9.18 Å². The van der Waals surface area contributed by atoms with Gasteiger partial charge in [-0.15, -0.1) is 0 Å². The summed E-state index contributed by atoms with van der Waals surface area (Å²) in [6.45, 7) is 3.89. The van der Waals surface area contributed by atoms with Gasteiger partial charge >= 0.3 is 0 Å². The lowest BCUT2D eigenvalue weighted by molar-refractivity contribution is 0.0704. The Morgan fingerprint density at radius 1 is 1.27 bits per heavy atom. The van der Waals surface area contributed by atoms with Gasteiger partial charge in [-0.25, -0.2) is 4.39 Å². The number of benzene rings is 1. The highest BCUT2D eigenvalue weighted by Gasteiger charge is 2.32. The monoisotopic (exact) mass is 306 g/mol. The molecule has 1 aromatic carbocycles. The van der Waals surface area contributed by atoms with Crippen molar-refractivity contribution in [3.63, 3.8) is 0 Å². The number of halogens is 1. The minimum absolute atomic E-state index is 0.147. The second-order valence-corrected chi connectivity index (χ2v) is 6.15. The lowest BCUT2D eigenvalue weighted by Crippen LogP contribution is -2.42. The Morgan fingerprint density at radius 3 is 2.73 bits per heavy atom. The number of methoxy groups -OCH3 is 1. The topological polar surface area (TPSA) is 32.8 Å². The van der Waals surface area contributed by atoms with Gasteiger partial charge in [0.25, 0.3) is 5.91 Å². The van der Waals surface area contributed by atoms with Crippen molar-refractivity contribution in [1.82, 2.24) is 9.80 Å². The number of hydrogen-bond acceptors (Lipinski definition) is 3. The lowest BCUT2D eigenvalue weighted by atomic mass is 10.1. The Kier molecular flexibility index (Phi) is 4.62. The normalized spacial score (nSPS) is 22.3. The van der Waals surface area contributed by atoms with Gasteiger partial charge in [-0.3, -0.25) is 4.79 Å². The quantitative estimate of drug-likeness (QED) is 0.857. The molecule has 0 N–H and O–H groups in total. The van der Waals surface area contributed by atoms with Gasteiger partial charge in [-0.05, 0) is 50.9 Å². The zero-order chi connectivity index (χ0) is 15.5. The van der Waals surface area contributed by atoms with Gasteiger partial charge < -0.3 is 14.5 Å². The van der Waals surface area contributed by atoms with Gasteiger partial charge in [0.15, 0.2) is 0 Å². The van der Waals surface area contributed by atoms with E-state index in [4.69, 9.17) is 4.74 Å². The Hall–Kier alpha value is -1.62. The number of carbonyl (C=O) groups excluding carboxylic acids is 1. The fourth-order valence-electron chi connectivity index (χ4n) is 3.51. The molecule has 0 bridgehead atoms. The van der Waals surface area contributed by atoms with Gasteiger partial charge in [-0.1, -0.05) is 0 Å². The zero-order valence-electron chi connectivity index (χ0n) is 13.1. The summed E-state index contributed by atoms with van der Waals surface area (Å²) >= 11 is 0. The summed E-state index contributed by atoms with van der Waals surface area (Å²) < 4.78 is 19.1. The molecule has 5 heteroatoms. The Balaban J connectivity index is 1.72. The molecule has 4 nitrogen and oxygen atoms in total. The molecule has 1 atom stereocenters. The maximum absolute atomic E-state index is 14.1. The van der Waals surface area contributed by atoms with Gasteiger partial charge in [0.05, 0.1) is 12.7 Å². The van der Waals surface area contributed by atoms with Crippen LogP contribution in [0.2, 0.25) is 0 Å². The highest BCUT2D eigenvalue weighted by molar-refractivity contribution is 5.95. The largest absolute Gasteiger partial charge is 0.497 e. The number of likely N-dealkylation sites (tertiary alicyclic amines) is 2. The highest BCUT2D eigenvalue weighted by Crippen LogP contribution is 2.24. The molecule has 120 valence electrons. The molecule has 0 aromatic heterocycles. The maximum Gasteiger partial charge on any atom is 0.257 e. The van der Waals surface area contributed by atoms with Crippen LogP contribution in [0.15, 0.2) is 18.2 Å². The van der Waals surface area contributed by atoms with E-state index in [1.807, 2.05) is 4.90 Å². The minimum Gasteiger partial charge on any atom is -0.497 e. The molecule has 1 unspecified atom stereocenters. The number of nitrogens with zero attached hydrogens (tertiary/aromatic N) is 2. The van der Waals surface area contributed by atoms with E-state index in [1.165, 1.54) is 32.1 Å². The first kappa shape index (κ1) is 15.3. The van der Waals surface area contributed by atoms with E-state index in [-0.39, 0.29) is 17.5 Å². The first-order chi connectivity index (χ1) is 10.7. The van der Waals surface area contributed by atoms with Crippen LogP contribution >= 0.6 is 0 Å². The summed E-state index contributed by atoms with van der Waals surface area (Å²) in [6, 6.07) is 4.66. The zero-order valence-corrected chi connectivity index (χ0v) is 13.1. The Labute approximate surface area is 130 Å². The third-order valence-corrected chi connectivity index (χ3v) is 4.71. The number of hydrogen-bond donors (Lipinski definition) is 0. The van der Waals surface area contributed by atoms with Crippen LogP contribution in [0.5, 0.6) is 5.75 Å². The van der Waals surface area contributed by atoms with Gasteiger partial charge in [0, 0.05) is 25.2 Å². The van der Waals surface area contributed by atoms with Crippen LogP contribution in [0.1, 0.15) is 36.0 Å². The third-order valence-electron chi connectivity index (χ3n) is 4.71. The predicted octanol–water partition coefficient (Wildman–Crippen LogP) is 2.53. The molecule has 2 fully saturated rings. The number of amides is 1. The molecule has 3 rings (SSSR count). The van der Waals surface area contributed by atoms with Crippen molar-refractivity contribution in [2.75, 3.05) is 33.3 Å². The van der Waals surface area contributed by atoms with Gasteiger partial charge in [0.1, 0.15) is 11.6 Å². The molecule has 2 aliphatic heterocycles. The molecule has 0 saturated carbocycles. The molecule has 2 saturated heterocycles. The van der Waals surface area contributed by atoms with Crippen molar-refractivity contribution in [1.29, 1.82) is 0 Å². The molecule has 22 heavy (non-hydrogen) atoms. The van der Waals surface area contributed by atoms with E-state index in [1.54, 1.807) is 6.07 Å². The maximum atomic E-state index is 14.1. The molecule has 0 aliphatic carbocycles. The van der Waals surface area contributed by atoms with E-state index < -0.39 is 5.82 Å². The van der Waals surface area contributed by atoms with Crippen LogP contribution in [0.25, 0.3) is 0 Å². The van der Waals surface area contributed by atoms with Crippen LogP contribution in [0.4, 0.5) is 4.39 Å². The molecule has 1 aromatic rings. The molecule has 1 amide bonds. The van der Waals surface area contributed by atoms with E-state index in [0.717, 1.165) is 39.0 Å². The molecule has 2 heterocycles. The number of ether oxygens (including phenoxy) is 1. The van der Waals surface area contributed by atoms with E-state index in [0.29, 0.717) is 5.75 Å².